The van der Waals surface area contributed by atoms with E-state index in [9.17, 15) is 24.3 Å². The number of hydrogen-bond acceptors (Lipinski definition) is 5. The summed E-state index contributed by atoms with van der Waals surface area (Å²) in [6, 6.07) is 18.9. The molecule has 0 saturated heterocycles. The topological polar surface area (TPSA) is 137 Å². The van der Waals surface area contributed by atoms with Crippen molar-refractivity contribution >= 4 is 24.0 Å². The number of rotatable bonds is 23. The Bertz CT molecular complexity index is 1080. The first kappa shape index (κ1) is 36.1. The van der Waals surface area contributed by atoms with Crippen LogP contribution in [0.25, 0.3) is 0 Å². The molecule has 0 fully saturated rings. The number of nitrogens with zero attached hydrogens (tertiary/aromatic N) is 1. The average molecular weight is 611 g/mol. The fraction of sp³-hybridized carbons (Fsp3) is 0.529. The number of carbonyl (C=O) groups is 4. The van der Waals surface area contributed by atoms with Gasteiger partial charge in [-0.15, -0.1) is 0 Å². The van der Waals surface area contributed by atoms with Gasteiger partial charge in [0.05, 0.1) is 0 Å². The van der Waals surface area contributed by atoms with Crippen LogP contribution in [0, 0.1) is 0 Å². The molecule has 4 N–H and O–H groups in total. The molecule has 242 valence electrons. The summed E-state index contributed by atoms with van der Waals surface area (Å²) in [6.45, 7) is 2.60. The maximum Gasteiger partial charge on any atom is 0.407 e. The fourth-order valence-corrected chi connectivity index (χ4v) is 4.63. The minimum atomic E-state index is -0.974. The van der Waals surface area contributed by atoms with Crippen molar-refractivity contribution < 1.29 is 29.0 Å². The minimum Gasteiger partial charge on any atom is -0.465 e. The zero-order chi connectivity index (χ0) is 31.7. The molecule has 0 aliphatic heterocycles. The average Bonchev–Trinajstić information content (AvgIpc) is 3.03. The minimum absolute atomic E-state index is 0.00170. The van der Waals surface area contributed by atoms with Crippen molar-refractivity contribution in [2.24, 2.45) is 0 Å². The highest BCUT2D eigenvalue weighted by Gasteiger charge is 2.13. The zero-order valence-electron chi connectivity index (χ0n) is 25.9. The molecule has 0 bridgehead atoms. The second-order valence-corrected chi connectivity index (χ2v) is 10.9. The van der Waals surface area contributed by atoms with Gasteiger partial charge in [0.25, 0.3) is 0 Å². The number of ether oxygens (including phenoxy) is 1. The van der Waals surface area contributed by atoms with Gasteiger partial charge >= 0.3 is 12.2 Å². The summed E-state index contributed by atoms with van der Waals surface area (Å²) in [5.41, 5.74) is 1.86. The summed E-state index contributed by atoms with van der Waals surface area (Å²) in [6.07, 6.45) is 8.95. The molecule has 0 radical (unpaired) electrons. The molecule has 0 spiro atoms. The van der Waals surface area contributed by atoms with E-state index in [2.05, 4.69) is 16.0 Å². The van der Waals surface area contributed by atoms with Gasteiger partial charge in [0.1, 0.15) is 6.61 Å². The number of hydrogen-bond donors (Lipinski definition) is 4. The van der Waals surface area contributed by atoms with Crippen LogP contribution in [-0.2, 0) is 27.5 Å². The lowest BCUT2D eigenvalue weighted by molar-refractivity contribution is -0.122. The maximum absolute atomic E-state index is 12.1. The first-order chi connectivity index (χ1) is 21.4. The van der Waals surface area contributed by atoms with E-state index in [1.807, 2.05) is 60.7 Å². The smallest absolute Gasteiger partial charge is 0.407 e. The van der Waals surface area contributed by atoms with Gasteiger partial charge in [-0.1, -0.05) is 99.2 Å². The van der Waals surface area contributed by atoms with Gasteiger partial charge in [0, 0.05) is 45.6 Å². The van der Waals surface area contributed by atoms with Crippen molar-refractivity contribution in [3.05, 3.63) is 71.8 Å². The van der Waals surface area contributed by atoms with Gasteiger partial charge in [-0.05, 0) is 36.8 Å². The summed E-state index contributed by atoms with van der Waals surface area (Å²) in [5.74, 6) is -0.0279. The second-order valence-electron chi connectivity index (χ2n) is 10.9. The molecule has 4 amide bonds. The fourth-order valence-electron chi connectivity index (χ4n) is 4.63. The normalized spacial score (nSPS) is 10.5. The van der Waals surface area contributed by atoms with Gasteiger partial charge in [-0.25, -0.2) is 9.59 Å². The van der Waals surface area contributed by atoms with Crippen molar-refractivity contribution in [2.75, 3.05) is 26.2 Å². The van der Waals surface area contributed by atoms with Gasteiger partial charge in [0.15, 0.2) is 0 Å². The molecule has 2 aromatic rings. The Labute approximate surface area is 261 Å². The van der Waals surface area contributed by atoms with E-state index < -0.39 is 12.2 Å². The van der Waals surface area contributed by atoms with E-state index in [-0.39, 0.29) is 18.4 Å². The second kappa shape index (κ2) is 23.4. The van der Waals surface area contributed by atoms with E-state index in [0.29, 0.717) is 58.4 Å². The van der Waals surface area contributed by atoms with Crippen molar-refractivity contribution in [3.8, 4) is 0 Å². The third-order valence-corrected chi connectivity index (χ3v) is 7.13. The molecule has 0 saturated carbocycles. The third-order valence-electron chi connectivity index (χ3n) is 7.13. The van der Waals surface area contributed by atoms with Crippen LogP contribution < -0.4 is 16.0 Å². The molecular weight excluding hydrogens is 560 g/mol. The number of benzene rings is 2. The molecule has 0 aliphatic carbocycles. The lowest BCUT2D eigenvalue weighted by Crippen LogP contribution is -2.31. The summed E-state index contributed by atoms with van der Waals surface area (Å²) < 4.78 is 5.14. The van der Waals surface area contributed by atoms with Gasteiger partial charge < -0.3 is 30.7 Å². The molecule has 2 aromatic carbocycles. The van der Waals surface area contributed by atoms with Gasteiger partial charge in [-0.2, -0.15) is 0 Å². The lowest BCUT2D eigenvalue weighted by atomic mass is 10.1. The van der Waals surface area contributed by atoms with E-state index in [0.717, 1.165) is 62.5 Å². The van der Waals surface area contributed by atoms with Crippen LogP contribution in [-0.4, -0.2) is 60.2 Å². The Kier molecular flexibility index (Phi) is 19.2. The summed E-state index contributed by atoms with van der Waals surface area (Å²) in [5, 5.41) is 18.0. The molecule has 0 aliphatic rings. The summed E-state index contributed by atoms with van der Waals surface area (Å²) in [7, 11) is 0. The van der Waals surface area contributed by atoms with E-state index >= 15 is 0 Å². The van der Waals surface area contributed by atoms with E-state index in [1.54, 1.807) is 0 Å². The van der Waals surface area contributed by atoms with Crippen molar-refractivity contribution in [1.82, 2.24) is 20.9 Å². The van der Waals surface area contributed by atoms with Crippen LogP contribution in [0.15, 0.2) is 60.7 Å². The molecule has 0 unspecified atom stereocenters. The van der Waals surface area contributed by atoms with Crippen molar-refractivity contribution in [2.45, 2.75) is 90.2 Å². The number of nitrogens with one attached hydrogen (secondary N) is 3. The first-order valence-electron chi connectivity index (χ1n) is 15.9. The van der Waals surface area contributed by atoms with E-state index in [1.165, 1.54) is 4.90 Å². The molecular formula is C34H50N4O6. The zero-order valence-corrected chi connectivity index (χ0v) is 25.9. The number of amides is 4. The predicted octanol–water partition coefficient (Wildman–Crippen LogP) is 6.01. The van der Waals surface area contributed by atoms with Crippen molar-refractivity contribution in [3.63, 3.8) is 0 Å². The summed E-state index contributed by atoms with van der Waals surface area (Å²) >= 11 is 0. The Morgan fingerprint density at radius 3 is 1.61 bits per heavy atom. The Morgan fingerprint density at radius 1 is 0.591 bits per heavy atom. The van der Waals surface area contributed by atoms with Gasteiger partial charge in [-0.3, -0.25) is 9.59 Å². The molecule has 10 heteroatoms. The Morgan fingerprint density at radius 2 is 1.07 bits per heavy atom. The van der Waals surface area contributed by atoms with Crippen LogP contribution in [0.4, 0.5) is 9.59 Å². The molecule has 0 atom stereocenters. The number of carboxylic acid groups (broad SMARTS) is 1. The maximum atomic E-state index is 12.1. The standard InChI is InChI=1S/C34H50N4O6/c39-31(21-15-25-37-33(41)44-28-30-19-11-8-12-20-30)35-23-13-5-3-1-2-4-6-14-24-36-32(40)22-16-26-38(34(42)43)27-29-17-9-7-10-18-29/h7-12,17-20H,1-6,13-16,21-28H2,(H,35,39)(H,36,40)(H,37,41)(H,42,43). The number of alkyl carbamates (subject to hydrolysis) is 1. The monoisotopic (exact) mass is 610 g/mol. The number of carbonyl (C=O) groups excluding carboxylic acids is 3. The van der Waals surface area contributed by atoms with Crippen LogP contribution in [0.2, 0.25) is 0 Å². The quantitative estimate of drug-likeness (QED) is 0.114. The van der Waals surface area contributed by atoms with Gasteiger partial charge in [0.2, 0.25) is 11.8 Å². The molecule has 0 heterocycles. The largest absolute Gasteiger partial charge is 0.465 e. The predicted molar refractivity (Wildman–Crippen MR) is 171 cm³/mol. The van der Waals surface area contributed by atoms with Crippen LogP contribution in [0.1, 0.15) is 88.2 Å². The highest BCUT2D eigenvalue weighted by Crippen LogP contribution is 2.09. The van der Waals surface area contributed by atoms with Crippen LogP contribution in [0.5, 0.6) is 0 Å². The Hall–Kier alpha value is -4.08. The molecule has 44 heavy (non-hydrogen) atoms. The van der Waals surface area contributed by atoms with Crippen LogP contribution >= 0.6 is 0 Å². The molecule has 0 aromatic heterocycles. The van der Waals surface area contributed by atoms with E-state index in [4.69, 9.17) is 4.74 Å². The SMILES string of the molecule is O=C(CCCNC(=O)OCc1ccccc1)NCCCCCCCCCCNC(=O)CCCN(Cc1ccccc1)C(=O)O. The highest BCUT2D eigenvalue weighted by atomic mass is 16.5. The Balaban J connectivity index is 1.32. The van der Waals surface area contributed by atoms with Crippen molar-refractivity contribution in [1.29, 1.82) is 0 Å². The lowest BCUT2D eigenvalue weighted by Gasteiger charge is -2.19. The molecule has 2 rings (SSSR count). The highest BCUT2D eigenvalue weighted by molar-refractivity contribution is 5.76. The first-order valence-corrected chi connectivity index (χ1v) is 15.9. The molecule has 10 nitrogen and oxygen atoms in total. The number of unbranched alkanes of at least 4 members (excludes halogenated alkanes) is 7. The third kappa shape index (κ3) is 18.5. The van der Waals surface area contributed by atoms with Crippen LogP contribution in [0.3, 0.4) is 0 Å². The summed E-state index contributed by atoms with van der Waals surface area (Å²) in [4.78, 5) is 48.6.